The number of piperidine rings is 1. The molecule has 5 nitrogen and oxygen atoms in total. The van der Waals surface area contributed by atoms with Gasteiger partial charge in [0.2, 0.25) is 5.91 Å². The van der Waals surface area contributed by atoms with E-state index in [2.05, 4.69) is 5.32 Å². The van der Waals surface area contributed by atoms with Crippen LogP contribution < -0.4 is 5.32 Å². The number of carbonyl (C=O) groups excluding carboxylic acids is 1. The van der Waals surface area contributed by atoms with Gasteiger partial charge < -0.3 is 19.7 Å². The fraction of sp³-hybridized carbons (Fsp3) is 0.588. The molecule has 1 aromatic rings. The molecular formula is C17H23FN2O3. The average Bonchev–Trinajstić information content (AvgIpc) is 3.02. The molecule has 2 saturated heterocycles. The number of nitrogens with one attached hydrogen (secondary N) is 1. The first-order chi connectivity index (χ1) is 11.2. The summed E-state index contributed by atoms with van der Waals surface area (Å²) in [4.78, 5) is 14.1. The topological polar surface area (TPSA) is 50.8 Å². The van der Waals surface area contributed by atoms with E-state index in [-0.39, 0.29) is 11.7 Å². The molecule has 0 atom stereocenters. The molecule has 3 rings (SSSR count). The lowest BCUT2D eigenvalue weighted by Crippen LogP contribution is -2.47. The van der Waals surface area contributed by atoms with Crippen LogP contribution in [0.1, 0.15) is 24.8 Å². The van der Waals surface area contributed by atoms with Gasteiger partial charge in [0, 0.05) is 51.0 Å². The molecule has 126 valence electrons. The third-order valence-corrected chi connectivity index (χ3v) is 4.48. The first-order valence-corrected chi connectivity index (χ1v) is 8.18. The predicted molar refractivity (Wildman–Crippen MR) is 83.2 cm³/mol. The Morgan fingerprint density at radius 1 is 1.22 bits per heavy atom. The van der Waals surface area contributed by atoms with E-state index in [1.54, 1.807) is 12.1 Å². The number of carbonyl (C=O) groups is 1. The molecule has 1 spiro atoms. The highest BCUT2D eigenvalue weighted by Gasteiger charge is 2.40. The Morgan fingerprint density at radius 2 is 1.91 bits per heavy atom. The first-order valence-electron chi connectivity index (χ1n) is 8.18. The van der Waals surface area contributed by atoms with Crippen LogP contribution in [0, 0.1) is 5.82 Å². The smallest absolute Gasteiger partial charge is 0.223 e. The SMILES string of the molecule is O=C(CCNCc1ccccc1F)N1CCC2(CC1)OCCO2. The molecule has 2 fully saturated rings. The Morgan fingerprint density at radius 3 is 2.61 bits per heavy atom. The summed E-state index contributed by atoms with van der Waals surface area (Å²) in [5.74, 6) is -0.539. The first kappa shape index (κ1) is 16.4. The number of likely N-dealkylation sites (tertiary alicyclic amines) is 1. The highest BCUT2D eigenvalue weighted by molar-refractivity contribution is 5.76. The summed E-state index contributed by atoms with van der Waals surface area (Å²) in [5, 5.41) is 3.12. The molecule has 0 radical (unpaired) electrons. The van der Waals surface area contributed by atoms with Gasteiger partial charge in [-0.1, -0.05) is 18.2 Å². The predicted octanol–water partition coefficient (Wildman–Crippen LogP) is 1.67. The molecule has 0 aliphatic carbocycles. The largest absolute Gasteiger partial charge is 0.347 e. The lowest BCUT2D eigenvalue weighted by Gasteiger charge is -2.37. The number of halogens is 1. The summed E-state index contributed by atoms with van der Waals surface area (Å²) in [6.07, 6.45) is 1.89. The van der Waals surface area contributed by atoms with Crippen LogP contribution in [0.3, 0.4) is 0 Å². The summed E-state index contributed by atoms with van der Waals surface area (Å²) in [7, 11) is 0. The molecule has 23 heavy (non-hydrogen) atoms. The van der Waals surface area contributed by atoms with Crippen molar-refractivity contribution in [1.82, 2.24) is 10.2 Å². The number of rotatable bonds is 5. The van der Waals surface area contributed by atoms with Crippen LogP contribution in [-0.4, -0.2) is 49.4 Å². The maximum atomic E-state index is 13.5. The van der Waals surface area contributed by atoms with Crippen LogP contribution >= 0.6 is 0 Å². The van der Waals surface area contributed by atoms with Gasteiger partial charge in [0.25, 0.3) is 0 Å². The van der Waals surface area contributed by atoms with Gasteiger partial charge in [0.1, 0.15) is 5.82 Å². The molecule has 0 unspecified atom stereocenters. The minimum Gasteiger partial charge on any atom is -0.347 e. The number of nitrogens with zero attached hydrogens (tertiary/aromatic N) is 1. The number of amides is 1. The van der Waals surface area contributed by atoms with Gasteiger partial charge in [-0.25, -0.2) is 4.39 Å². The fourth-order valence-corrected chi connectivity index (χ4v) is 3.10. The van der Waals surface area contributed by atoms with E-state index in [9.17, 15) is 9.18 Å². The summed E-state index contributed by atoms with van der Waals surface area (Å²) in [6.45, 7) is 3.62. The second kappa shape index (κ2) is 7.38. The van der Waals surface area contributed by atoms with E-state index >= 15 is 0 Å². The van der Waals surface area contributed by atoms with Crippen molar-refractivity contribution in [2.24, 2.45) is 0 Å². The van der Waals surface area contributed by atoms with Crippen molar-refractivity contribution in [3.05, 3.63) is 35.6 Å². The number of hydrogen-bond donors (Lipinski definition) is 1. The second-order valence-corrected chi connectivity index (χ2v) is 6.01. The molecule has 0 aromatic heterocycles. The van der Waals surface area contributed by atoms with Gasteiger partial charge in [0.15, 0.2) is 5.79 Å². The molecule has 6 heteroatoms. The fourth-order valence-electron chi connectivity index (χ4n) is 3.10. The Labute approximate surface area is 135 Å². The molecular weight excluding hydrogens is 299 g/mol. The maximum Gasteiger partial charge on any atom is 0.223 e. The molecule has 0 bridgehead atoms. The normalized spacial score (nSPS) is 20.1. The lowest BCUT2D eigenvalue weighted by atomic mass is 10.0. The standard InChI is InChI=1S/C17H23FN2O3/c18-15-4-2-1-3-14(15)13-19-8-5-16(21)20-9-6-17(7-10-20)22-11-12-23-17/h1-4,19H,5-13H2. The van der Waals surface area contributed by atoms with E-state index in [0.717, 1.165) is 12.8 Å². The van der Waals surface area contributed by atoms with E-state index in [1.165, 1.54) is 6.07 Å². The van der Waals surface area contributed by atoms with Crippen molar-refractivity contribution in [1.29, 1.82) is 0 Å². The molecule has 0 saturated carbocycles. The Kier molecular flexibility index (Phi) is 5.25. The zero-order chi connectivity index (χ0) is 16.1. The summed E-state index contributed by atoms with van der Waals surface area (Å²) < 4.78 is 24.8. The Hall–Kier alpha value is -1.50. The molecule has 2 aliphatic heterocycles. The highest BCUT2D eigenvalue weighted by Crippen LogP contribution is 2.31. The van der Waals surface area contributed by atoms with Crippen molar-refractivity contribution < 1.29 is 18.7 Å². The van der Waals surface area contributed by atoms with Gasteiger partial charge in [-0.05, 0) is 6.07 Å². The lowest BCUT2D eigenvalue weighted by molar-refractivity contribution is -0.187. The Bertz CT molecular complexity index is 536. The van der Waals surface area contributed by atoms with Crippen LogP contribution in [0.5, 0.6) is 0 Å². The van der Waals surface area contributed by atoms with Crippen LogP contribution in [-0.2, 0) is 20.8 Å². The third kappa shape index (κ3) is 4.07. The summed E-state index contributed by atoms with van der Waals surface area (Å²) >= 11 is 0. The maximum absolute atomic E-state index is 13.5. The van der Waals surface area contributed by atoms with Gasteiger partial charge in [-0.15, -0.1) is 0 Å². The molecule has 1 aromatic carbocycles. The van der Waals surface area contributed by atoms with Crippen molar-refractivity contribution >= 4 is 5.91 Å². The average molecular weight is 322 g/mol. The Balaban J connectivity index is 1.36. The molecule has 2 aliphatic rings. The minimum atomic E-state index is -0.445. The van der Waals surface area contributed by atoms with Gasteiger partial charge in [-0.2, -0.15) is 0 Å². The van der Waals surface area contributed by atoms with Crippen molar-refractivity contribution in [2.75, 3.05) is 32.8 Å². The number of hydrogen-bond acceptors (Lipinski definition) is 4. The van der Waals surface area contributed by atoms with Gasteiger partial charge in [-0.3, -0.25) is 4.79 Å². The second-order valence-electron chi connectivity index (χ2n) is 6.01. The zero-order valence-electron chi connectivity index (χ0n) is 13.2. The van der Waals surface area contributed by atoms with Crippen LogP contribution in [0.15, 0.2) is 24.3 Å². The van der Waals surface area contributed by atoms with Crippen molar-refractivity contribution in [3.63, 3.8) is 0 Å². The minimum absolute atomic E-state index is 0.124. The monoisotopic (exact) mass is 322 g/mol. The van der Waals surface area contributed by atoms with E-state index in [4.69, 9.17) is 9.47 Å². The van der Waals surface area contributed by atoms with Crippen molar-refractivity contribution in [3.8, 4) is 0 Å². The summed E-state index contributed by atoms with van der Waals surface area (Å²) in [6, 6.07) is 6.67. The highest BCUT2D eigenvalue weighted by atomic mass is 19.1. The quantitative estimate of drug-likeness (QED) is 0.838. The van der Waals surface area contributed by atoms with Crippen LogP contribution in [0.2, 0.25) is 0 Å². The summed E-state index contributed by atoms with van der Waals surface area (Å²) in [5.41, 5.74) is 0.621. The van der Waals surface area contributed by atoms with Crippen LogP contribution in [0.4, 0.5) is 4.39 Å². The van der Waals surface area contributed by atoms with Gasteiger partial charge in [0.05, 0.1) is 13.2 Å². The number of benzene rings is 1. The number of ether oxygens (including phenoxy) is 2. The third-order valence-electron chi connectivity index (χ3n) is 4.48. The molecule has 2 heterocycles. The van der Waals surface area contributed by atoms with Gasteiger partial charge >= 0.3 is 0 Å². The van der Waals surface area contributed by atoms with E-state index in [0.29, 0.717) is 51.4 Å². The zero-order valence-corrected chi connectivity index (χ0v) is 13.2. The van der Waals surface area contributed by atoms with Crippen LogP contribution in [0.25, 0.3) is 0 Å². The van der Waals surface area contributed by atoms with E-state index < -0.39 is 5.79 Å². The molecule has 1 amide bonds. The van der Waals surface area contributed by atoms with Crippen molar-refractivity contribution in [2.45, 2.75) is 31.6 Å². The van der Waals surface area contributed by atoms with E-state index in [1.807, 2.05) is 11.0 Å². The molecule has 1 N–H and O–H groups in total.